The van der Waals surface area contributed by atoms with Gasteiger partial charge in [-0.25, -0.2) is 4.79 Å². The average Bonchev–Trinajstić information content (AvgIpc) is 2.23. The van der Waals surface area contributed by atoms with E-state index in [-0.39, 0.29) is 11.9 Å². The lowest BCUT2D eigenvalue weighted by atomic mass is 10.0. The third kappa shape index (κ3) is 5.11. The van der Waals surface area contributed by atoms with Crippen LogP contribution in [0.2, 0.25) is 0 Å². The lowest BCUT2D eigenvalue weighted by molar-refractivity contribution is -0.144. The smallest absolute Gasteiger partial charge is 0.328 e. The molecule has 5 heteroatoms. The summed E-state index contributed by atoms with van der Waals surface area (Å²) >= 11 is 0. The molecule has 1 unspecified atom stereocenters. The SMILES string of the molecule is CN[C@@H](CC(C)C)C(=O)NC(C)C(=O)OC. The Morgan fingerprint density at radius 3 is 2.19 bits per heavy atom. The highest BCUT2D eigenvalue weighted by Gasteiger charge is 2.22. The zero-order valence-corrected chi connectivity index (χ0v) is 10.7. The lowest BCUT2D eigenvalue weighted by Crippen LogP contribution is -2.49. The van der Waals surface area contributed by atoms with Crippen molar-refractivity contribution in [2.75, 3.05) is 14.2 Å². The Kier molecular flexibility index (Phi) is 6.72. The first-order valence-electron chi connectivity index (χ1n) is 5.47. The Bertz CT molecular complexity index is 241. The molecule has 0 aromatic heterocycles. The molecule has 5 nitrogen and oxygen atoms in total. The van der Waals surface area contributed by atoms with E-state index in [0.717, 1.165) is 6.42 Å². The van der Waals surface area contributed by atoms with Crippen molar-refractivity contribution >= 4 is 11.9 Å². The monoisotopic (exact) mass is 230 g/mol. The van der Waals surface area contributed by atoms with Crippen LogP contribution in [0.4, 0.5) is 0 Å². The number of carbonyl (C=O) groups excluding carboxylic acids is 2. The summed E-state index contributed by atoms with van der Waals surface area (Å²) in [4.78, 5) is 22.9. The highest BCUT2D eigenvalue weighted by molar-refractivity contribution is 5.87. The van der Waals surface area contributed by atoms with Gasteiger partial charge >= 0.3 is 5.97 Å². The van der Waals surface area contributed by atoms with Gasteiger partial charge in [0, 0.05) is 0 Å². The Balaban J connectivity index is 4.25. The fourth-order valence-electron chi connectivity index (χ4n) is 1.38. The Morgan fingerprint density at radius 1 is 1.25 bits per heavy atom. The third-order valence-corrected chi connectivity index (χ3v) is 2.29. The maximum absolute atomic E-state index is 11.8. The molecule has 0 saturated carbocycles. The minimum atomic E-state index is -0.611. The molecule has 94 valence electrons. The molecule has 2 atom stereocenters. The van der Waals surface area contributed by atoms with Gasteiger partial charge in [-0.2, -0.15) is 0 Å². The molecule has 0 aliphatic rings. The van der Waals surface area contributed by atoms with Gasteiger partial charge in [0.05, 0.1) is 13.2 Å². The van der Waals surface area contributed by atoms with E-state index < -0.39 is 12.0 Å². The predicted molar refractivity (Wildman–Crippen MR) is 61.9 cm³/mol. The maximum atomic E-state index is 11.8. The molecule has 0 aliphatic heterocycles. The highest BCUT2D eigenvalue weighted by atomic mass is 16.5. The predicted octanol–water partition coefficient (Wildman–Crippen LogP) is 0.298. The molecule has 0 rings (SSSR count). The largest absolute Gasteiger partial charge is 0.467 e. The first kappa shape index (κ1) is 14.9. The number of hydrogen-bond acceptors (Lipinski definition) is 4. The second-order valence-corrected chi connectivity index (χ2v) is 4.22. The summed E-state index contributed by atoms with van der Waals surface area (Å²) in [5.41, 5.74) is 0. The fourth-order valence-corrected chi connectivity index (χ4v) is 1.38. The zero-order chi connectivity index (χ0) is 12.7. The van der Waals surface area contributed by atoms with Crippen LogP contribution in [0.25, 0.3) is 0 Å². The number of carbonyl (C=O) groups is 2. The average molecular weight is 230 g/mol. The van der Waals surface area contributed by atoms with E-state index in [2.05, 4.69) is 15.4 Å². The van der Waals surface area contributed by atoms with Gasteiger partial charge in [-0.15, -0.1) is 0 Å². The molecule has 0 radical (unpaired) electrons. The van der Waals surface area contributed by atoms with E-state index in [9.17, 15) is 9.59 Å². The van der Waals surface area contributed by atoms with Gasteiger partial charge in [0.2, 0.25) is 5.91 Å². The molecule has 0 aliphatic carbocycles. The van der Waals surface area contributed by atoms with Crippen LogP contribution < -0.4 is 10.6 Å². The van der Waals surface area contributed by atoms with Crippen molar-refractivity contribution in [3.8, 4) is 0 Å². The number of esters is 1. The van der Waals surface area contributed by atoms with Gasteiger partial charge in [0.1, 0.15) is 6.04 Å². The number of methoxy groups -OCH3 is 1. The molecule has 1 amide bonds. The maximum Gasteiger partial charge on any atom is 0.328 e. The standard InChI is InChI=1S/C11H22N2O3/c1-7(2)6-9(12-4)10(14)13-8(3)11(15)16-5/h7-9,12H,6H2,1-5H3,(H,13,14)/t8?,9-/m0/s1. The molecule has 0 bridgehead atoms. The van der Waals surface area contributed by atoms with Gasteiger partial charge in [-0.05, 0) is 26.3 Å². The van der Waals surface area contributed by atoms with Gasteiger partial charge in [-0.1, -0.05) is 13.8 Å². The summed E-state index contributed by atoms with van der Waals surface area (Å²) < 4.78 is 4.53. The van der Waals surface area contributed by atoms with Crippen LogP contribution in [0.5, 0.6) is 0 Å². The molecule has 2 N–H and O–H groups in total. The van der Waals surface area contributed by atoms with Crippen LogP contribution in [-0.2, 0) is 14.3 Å². The van der Waals surface area contributed by atoms with E-state index in [0.29, 0.717) is 5.92 Å². The number of amides is 1. The van der Waals surface area contributed by atoms with Crippen molar-refractivity contribution < 1.29 is 14.3 Å². The zero-order valence-electron chi connectivity index (χ0n) is 10.7. The second-order valence-electron chi connectivity index (χ2n) is 4.22. The van der Waals surface area contributed by atoms with E-state index in [1.54, 1.807) is 14.0 Å². The molecule has 0 saturated heterocycles. The van der Waals surface area contributed by atoms with Crippen molar-refractivity contribution in [1.82, 2.24) is 10.6 Å². The first-order chi connectivity index (χ1) is 7.42. The minimum absolute atomic E-state index is 0.172. The normalized spacial score (nSPS) is 14.4. The molecule has 16 heavy (non-hydrogen) atoms. The van der Waals surface area contributed by atoms with Crippen LogP contribution >= 0.6 is 0 Å². The Labute approximate surface area is 96.9 Å². The van der Waals surface area contributed by atoms with Gasteiger partial charge in [0.15, 0.2) is 0 Å². The summed E-state index contributed by atoms with van der Waals surface area (Å²) in [5, 5.41) is 5.54. The summed E-state index contributed by atoms with van der Waals surface area (Å²) in [6, 6.07) is -0.882. The van der Waals surface area contributed by atoms with E-state index in [4.69, 9.17) is 0 Å². The van der Waals surface area contributed by atoms with Crippen molar-refractivity contribution in [1.29, 1.82) is 0 Å². The summed E-state index contributed by atoms with van der Waals surface area (Å²) in [5.74, 6) is -0.196. The Hall–Kier alpha value is -1.10. The van der Waals surface area contributed by atoms with E-state index >= 15 is 0 Å². The highest BCUT2D eigenvalue weighted by Crippen LogP contribution is 2.04. The number of hydrogen-bond donors (Lipinski definition) is 2. The van der Waals surface area contributed by atoms with Crippen LogP contribution in [0.15, 0.2) is 0 Å². The summed E-state index contributed by atoms with van der Waals surface area (Å²) in [7, 11) is 3.03. The number of rotatable bonds is 6. The summed E-state index contributed by atoms with van der Waals surface area (Å²) in [6.45, 7) is 5.69. The molecule has 0 heterocycles. The Morgan fingerprint density at radius 2 is 1.81 bits per heavy atom. The van der Waals surface area contributed by atoms with Crippen molar-refractivity contribution in [2.24, 2.45) is 5.92 Å². The molecule has 0 aromatic rings. The number of likely N-dealkylation sites (N-methyl/N-ethyl adjacent to an activating group) is 1. The lowest BCUT2D eigenvalue weighted by Gasteiger charge is -2.20. The quantitative estimate of drug-likeness (QED) is 0.644. The molecular weight excluding hydrogens is 208 g/mol. The molecular formula is C11H22N2O3. The first-order valence-corrected chi connectivity index (χ1v) is 5.47. The van der Waals surface area contributed by atoms with Gasteiger partial charge in [-0.3, -0.25) is 4.79 Å². The van der Waals surface area contributed by atoms with Crippen LogP contribution in [0, 0.1) is 5.92 Å². The van der Waals surface area contributed by atoms with Crippen molar-refractivity contribution in [3.63, 3.8) is 0 Å². The fraction of sp³-hybridized carbons (Fsp3) is 0.818. The second kappa shape index (κ2) is 7.22. The summed E-state index contributed by atoms with van der Waals surface area (Å²) in [6.07, 6.45) is 0.732. The van der Waals surface area contributed by atoms with Gasteiger partial charge < -0.3 is 15.4 Å². The van der Waals surface area contributed by atoms with Gasteiger partial charge in [0.25, 0.3) is 0 Å². The van der Waals surface area contributed by atoms with E-state index in [1.165, 1.54) is 7.11 Å². The van der Waals surface area contributed by atoms with Crippen LogP contribution in [-0.4, -0.2) is 38.1 Å². The molecule has 0 spiro atoms. The topological polar surface area (TPSA) is 67.4 Å². The number of nitrogens with one attached hydrogen (secondary N) is 2. The van der Waals surface area contributed by atoms with Crippen LogP contribution in [0.1, 0.15) is 27.2 Å². The third-order valence-electron chi connectivity index (χ3n) is 2.29. The number of ether oxygens (including phenoxy) is 1. The minimum Gasteiger partial charge on any atom is -0.467 e. The molecule has 0 fully saturated rings. The van der Waals surface area contributed by atoms with Crippen molar-refractivity contribution in [3.05, 3.63) is 0 Å². The van der Waals surface area contributed by atoms with Crippen molar-refractivity contribution in [2.45, 2.75) is 39.3 Å². The van der Waals surface area contributed by atoms with E-state index in [1.807, 2.05) is 13.8 Å². The molecule has 0 aromatic carbocycles. The van der Waals surface area contributed by atoms with Crippen LogP contribution in [0.3, 0.4) is 0 Å².